The number of hydrogen-bond acceptors (Lipinski definition) is 3. The van der Waals surface area contributed by atoms with Gasteiger partial charge in [-0.1, -0.05) is 0 Å². The summed E-state index contributed by atoms with van der Waals surface area (Å²) < 4.78 is 5.50. The maximum absolute atomic E-state index is 12.0. The normalized spacial score (nSPS) is 12.2. The zero-order valence-electron chi connectivity index (χ0n) is 14.7. The number of carbonyl (C=O) groups excluding carboxylic acids is 1. The van der Waals surface area contributed by atoms with Gasteiger partial charge < -0.3 is 20.0 Å². The summed E-state index contributed by atoms with van der Waals surface area (Å²) in [6, 6.07) is 2.00. The second kappa shape index (κ2) is 7.33. The van der Waals surface area contributed by atoms with Crippen LogP contribution in [0.2, 0.25) is 0 Å². The summed E-state index contributed by atoms with van der Waals surface area (Å²) >= 11 is 0. The van der Waals surface area contributed by atoms with E-state index in [4.69, 9.17) is 4.42 Å². The van der Waals surface area contributed by atoms with Crippen LogP contribution in [0.5, 0.6) is 0 Å². The van der Waals surface area contributed by atoms with Gasteiger partial charge in [0.2, 0.25) is 5.91 Å². The number of nitrogens with one attached hydrogen (secondary N) is 2. The van der Waals surface area contributed by atoms with Gasteiger partial charge in [-0.3, -0.25) is 9.79 Å². The molecule has 1 aromatic rings. The highest BCUT2D eigenvalue weighted by atomic mass is 16.3. The molecular formula is C16H28N4O2. The summed E-state index contributed by atoms with van der Waals surface area (Å²) in [7, 11) is 3.54. The first-order valence-corrected chi connectivity index (χ1v) is 7.41. The summed E-state index contributed by atoms with van der Waals surface area (Å²) in [4.78, 5) is 18.0. The molecule has 6 heteroatoms. The number of aliphatic imine (C=N–C) groups is 1. The van der Waals surface area contributed by atoms with Crippen molar-refractivity contribution in [1.29, 1.82) is 0 Å². The molecule has 0 atom stereocenters. The number of nitrogens with zero attached hydrogens (tertiary/aromatic N) is 2. The van der Waals surface area contributed by atoms with Gasteiger partial charge in [0.1, 0.15) is 11.5 Å². The molecule has 0 saturated carbocycles. The molecule has 0 unspecified atom stereocenters. The Kier molecular flexibility index (Phi) is 6.02. The van der Waals surface area contributed by atoms with Gasteiger partial charge >= 0.3 is 0 Å². The summed E-state index contributed by atoms with van der Waals surface area (Å²) in [5.41, 5.74) is 0.853. The molecule has 1 amide bonds. The Bertz CT molecular complexity index is 541. The predicted octanol–water partition coefficient (Wildman–Crippen LogP) is 1.82. The first kappa shape index (κ1) is 18.1. The van der Waals surface area contributed by atoms with Crippen LogP contribution in [0, 0.1) is 13.8 Å². The Morgan fingerprint density at radius 1 is 1.36 bits per heavy atom. The Balaban J connectivity index is 2.57. The molecule has 0 fully saturated rings. The second-order valence-electron chi connectivity index (χ2n) is 6.49. The molecule has 0 radical (unpaired) electrons. The number of carbonyl (C=O) groups is 1. The van der Waals surface area contributed by atoms with Gasteiger partial charge in [0.15, 0.2) is 5.96 Å². The van der Waals surface area contributed by atoms with Crippen molar-refractivity contribution in [2.75, 3.05) is 20.6 Å². The van der Waals surface area contributed by atoms with Crippen molar-refractivity contribution >= 4 is 11.9 Å². The van der Waals surface area contributed by atoms with Crippen LogP contribution < -0.4 is 10.6 Å². The molecule has 0 aliphatic rings. The third-order valence-corrected chi connectivity index (χ3v) is 3.05. The number of aryl methyl sites for hydroxylation is 2. The second-order valence-corrected chi connectivity index (χ2v) is 6.49. The van der Waals surface area contributed by atoms with Crippen LogP contribution in [0.15, 0.2) is 15.5 Å². The SMILES string of the molecule is CN=C(NCc1cc(C)oc1C)N(C)CC(=O)NC(C)(C)C. The van der Waals surface area contributed by atoms with E-state index in [9.17, 15) is 4.79 Å². The number of rotatable bonds is 4. The van der Waals surface area contributed by atoms with E-state index in [2.05, 4.69) is 15.6 Å². The molecule has 0 bridgehead atoms. The van der Waals surface area contributed by atoms with Crippen molar-refractivity contribution < 1.29 is 9.21 Å². The molecule has 1 heterocycles. The predicted molar refractivity (Wildman–Crippen MR) is 88.9 cm³/mol. The Labute approximate surface area is 133 Å². The highest BCUT2D eigenvalue weighted by Crippen LogP contribution is 2.13. The molecular weight excluding hydrogens is 280 g/mol. The van der Waals surface area contributed by atoms with Crippen LogP contribution in [-0.4, -0.2) is 42.9 Å². The smallest absolute Gasteiger partial charge is 0.240 e. The summed E-state index contributed by atoms with van der Waals surface area (Å²) in [5.74, 6) is 2.42. The standard InChI is InChI=1S/C16H28N4O2/c1-11-8-13(12(2)22-11)9-18-15(17-6)20(7)10-14(21)19-16(3,4)5/h8H,9-10H2,1-7H3,(H,17,18)(H,19,21). The molecule has 0 aromatic carbocycles. The van der Waals surface area contributed by atoms with Crippen molar-refractivity contribution in [3.8, 4) is 0 Å². The average molecular weight is 308 g/mol. The van der Waals surface area contributed by atoms with Gasteiger partial charge in [0.25, 0.3) is 0 Å². The van der Waals surface area contributed by atoms with Crippen molar-refractivity contribution in [1.82, 2.24) is 15.5 Å². The van der Waals surface area contributed by atoms with Crippen molar-refractivity contribution in [2.45, 2.75) is 46.7 Å². The van der Waals surface area contributed by atoms with Crippen LogP contribution in [0.25, 0.3) is 0 Å². The van der Waals surface area contributed by atoms with E-state index in [1.165, 1.54) is 0 Å². The lowest BCUT2D eigenvalue weighted by atomic mass is 10.1. The van der Waals surface area contributed by atoms with E-state index >= 15 is 0 Å². The van der Waals surface area contributed by atoms with E-state index in [0.717, 1.165) is 17.1 Å². The van der Waals surface area contributed by atoms with Gasteiger partial charge in [-0.2, -0.15) is 0 Å². The number of likely N-dealkylation sites (N-methyl/N-ethyl adjacent to an activating group) is 1. The lowest BCUT2D eigenvalue weighted by molar-refractivity contribution is -0.122. The summed E-state index contributed by atoms with van der Waals surface area (Å²) in [6.07, 6.45) is 0. The highest BCUT2D eigenvalue weighted by Gasteiger charge is 2.17. The van der Waals surface area contributed by atoms with Gasteiger partial charge in [-0.25, -0.2) is 0 Å². The topological polar surface area (TPSA) is 69.9 Å². The zero-order valence-corrected chi connectivity index (χ0v) is 14.7. The van der Waals surface area contributed by atoms with Gasteiger partial charge in [-0.05, 0) is 40.7 Å². The quantitative estimate of drug-likeness (QED) is 0.657. The molecule has 0 aliphatic heterocycles. The van der Waals surface area contributed by atoms with E-state index in [1.54, 1.807) is 11.9 Å². The molecule has 6 nitrogen and oxygen atoms in total. The highest BCUT2D eigenvalue weighted by molar-refractivity contribution is 5.86. The molecule has 1 rings (SSSR count). The number of hydrogen-bond donors (Lipinski definition) is 2. The summed E-state index contributed by atoms with van der Waals surface area (Å²) in [5, 5.41) is 6.18. The van der Waals surface area contributed by atoms with E-state index in [0.29, 0.717) is 12.5 Å². The molecule has 2 N–H and O–H groups in total. The number of amides is 1. The van der Waals surface area contributed by atoms with Gasteiger partial charge in [-0.15, -0.1) is 0 Å². The van der Waals surface area contributed by atoms with Crippen molar-refractivity contribution in [2.24, 2.45) is 4.99 Å². The fourth-order valence-electron chi connectivity index (χ4n) is 2.17. The lowest BCUT2D eigenvalue weighted by Gasteiger charge is -2.25. The summed E-state index contributed by atoms with van der Waals surface area (Å²) in [6.45, 7) is 10.6. The van der Waals surface area contributed by atoms with E-state index < -0.39 is 0 Å². The van der Waals surface area contributed by atoms with Crippen LogP contribution >= 0.6 is 0 Å². The molecule has 22 heavy (non-hydrogen) atoms. The van der Waals surface area contributed by atoms with Crippen LogP contribution in [0.4, 0.5) is 0 Å². The maximum Gasteiger partial charge on any atom is 0.240 e. The van der Waals surface area contributed by atoms with Gasteiger partial charge in [0, 0.05) is 31.7 Å². The Hall–Kier alpha value is -1.98. The first-order chi connectivity index (χ1) is 10.1. The molecule has 1 aromatic heterocycles. The van der Waals surface area contributed by atoms with E-state index in [-0.39, 0.29) is 18.0 Å². The van der Waals surface area contributed by atoms with Crippen molar-refractivity contribution in [3.05, 3.63) is 23.2 Å². The minimum Gasteiger partial charge on any atom is -0.466 e. The monoisotopic (exact) mass is 308 g/mol. The zero-order chi connectivity index (χ0) is 16.9. The van der Waals surface area contributed by atoms with Gasteiger partial charge in [0.05, 0.1) is 6.54 Å². The van der Waals surface area contributed by atoms with E-state index in [1.807, 2.05) is 47.7 Å². The van der Waals surface area contributed by atoms with Crippen LogP contribution in [0.3, 0.4) is 0 Å². The third-order valence-electron chi connectivity index (χ3n) is 3.05. The fraction of sp³-hybridized carbons (Fsp3) is 0.625. The Morgan fingerprint density at radius 2 is 2.00 bits per heavy atom. The van der Waals surface area contributed by atoms with Crippen LogP contribution in [0.1, 0.15) is 37.9 Å². The molecule has 0 saturated heterocycles. The maximum atomic E-state index is 12.0. The number of guanidine groups is 1. The van der Waals surface area contributed by atoms with Crippen molar-refractivity contribution in [3.63, 3.8) is 0 Å². The largest absolute Gasteiger partial charge is 0.466 e. The fourth-order valence-corrected chi connectivity index (χ4v) is 2.17. The first-order valence-electron chi connectivity index (χ1n) is 7.41. The Morgan fingerprint density at radius 3 is 2.45 bits per heavy atom. The molecule has 0 spiro atoms. The third kappa shape index (κ3) is 5.79. The lowest BCUT2D eigenvalue weighted by Crippen LogP contribution is -2.48. The average Bonchev–Trinajstić information content (AvgIpc) is 2.66. The van der Waals surface area contributed by atoms with Crippen LogP contribution in [-0.2, 0) is 11.3 Å². The molecule has 0 aliphatic carbocycles. The minimum atomic E-state index is -0.236. The number of furan rings is 1. The minimum absolute atomic E-state index is 0.0340. The molecule has 124 valence electrons.